The van der Waals surface area contributed by atoms with E-state index in [1.54, 1.807) is 20.8 Å². The number of amides is 2. The van der Waals surface area contributed by atoms with Crippen LogP contribution >= 0.6 is 0 Å². The molecule has 108 valence electrons. The van der Waals surface area contributed by atoms with Crippen LogP contribution in [0.2, 0.25) is 0 Å². The van der Waals surface area contributed by atoms with Crippen molar-refractivity contribution in [3.63, 3.8) is 0 Å². The van der Waals surface area contributed by atoms with E-state index in [1.165, 1.54) is 0 Å². The van der Waals surface area contributed by atoms with Crippen molar-refractivity contribution in [3.8, 4) is 0 Å². The van der Waals surface area contributed by atoms with E-state index in [4.69, 9.17) is 9.84 Å². The predicted molar refractivity (Wildman–Crippen MR) is 66.5 cm³/mol. The van der Waals surface area contributed by atoms with Gasteiger partial charge in [-0.3, -0.25) is 4.79 Å². The van der Waals surface area contributed by atoms with Crippen LogP contribution in [-0.2, 0) is 14.3 Å². The summed E-state index contributed by atoms with van der Waals surface area (Å²) >= 11 is 0. The monoisotopic (exact) mass is 272 g/mol. The Morgan fingerprint density at radius 1 is 1.53 bits per heavy atom. The Morgan fingerprint density at radius 2 is 2.16 bits per heavy atom. The molecule has 1 fully saturated rings. The first kappa shape index (κ1) is 15.3. The van der Waals surface area contributed by atoms with Gasteiger partial charge in [0.15, 0.2) is 0 Å². The second kappa shape index (κ2) is 5.90. The highest BCUT2D eigenvalue weighted by molar-refractivity contribution is 5.81. The van der Waals surface area contributed by atoms with Gasteiger partial charge in [0, 0.05) is 13.0 Å². The minimum atomic E-state index is -1.13. The first-order chi connectivity index (χ1) is 8.67. The van der Waals surface area contributed by atoms with E-state index >= 15 is 0 Å². The van der Waals surface area contributed by atoms with Crippen LogP contribution in [0.3, 0.4) is 0 Å². The summed E-state index contributed by atoms with van der Waals surface area (Å²) in [4.78, 5) is 33.7. The molecule has 1 saturated heterocycles. The number of rotatable bonds is 4. The molecule has 0 aromatic carbocycles. The molecule has 0 bridgehead atoms. The number of carboxylic acid groups (broad SMARTS) is 1. The topological polar surface area (TPSA) is 105 Å². The van der Waals surface area contributed by atoms with E-state index < -0.39 is 23.7 Å². The average Bonchev–Trinajstić information content (AvgIpc) is 2.60. The SMILES string of the molecule is CC(C)(C)OC(=O)N[C@@H](C[C@@H]1CNC(=O)C1)C(=O)O. The normalized spacial score (nSPS) is 20.6. The number of carbonyl (C=O) groups is 3. The zero-order valence-electron chi connectivity index (χ0n) is 11.4. The summed E-state index contributed by atoms with van der Waals surface area (Å²) in [6, 6.07) is -1.05. The van der Waals surface area contributed by atoms with Crippen LogP contribution in [0.25, 0.3) is 0 Å². The van der Waals surface area contributed by atoms with Crippen molar-refractivity contribution in [1.29, 1.82) is 0 Å². The summed E-state index contributed by atoms with van der Waals surface area (Å²) < 4.78 is 5.01. The molecule has 0 aliphatic carbocycles. The number of hydrogen-bond acceptors (Lipinski definition) is 4. The molecule has 7 nitrogen and oxygen atoms in total. The number of carbonyl (C=O) groups excluding carboxylic acids is 2. The maximum atomic E-state index is 11.5. The molecule has 0 aromatic heterocycles. The molecule has 1 heterocycles. The summed E-state index contributed by atoms with van der Waals surface area (Å²) in [6.45, 7) is 5.53. The fourth-order valence-corrected chi connectivity index (χ4v) is 1.84. The summed E-state index contributed by atoms with van der Waals surface area (Å²) in [7, 11) is 0. The Hall–Kier alpha value is -1.79. The molecule has 0 spiro atoms. The van der Waals surface area contributed by atoms with Gasteiger partial charge < -0.3 is 20.5 Å². The van der Waals surface area contributed by atoms with Gasteiger partial charge in [0.25, 0.3) is 0 Å². The van der Waals surface area contributed by atoms with Gasteiger partial charge >= 0.3 is 12.1 Å². The van der Waals surface area contributed by atoms with Gasteiger partial charge in [-0.2, -0.15) is 0 Å². The van der Waals surface area contributed by atoms with Crippen molar-refractivity contribution in [2.45, 2.75) is 45.3 Å². The third-order valence-electron chi connectivity index (χ3n) is 2.62. The molecule has 1 aliphatic rings. The maximum absolute atomic E-state index is 11.5. The Balaban J connectivity index is 2.51. The summed E-state index contributed by atoms with van der Waals surface area (Å²) in [6.07, 6.45) is -0.273. The standard InChI is InChI=1S/C12H20N2O5/c1-12(2,3)19-11(18)14-8(10(16)17)4-7-5-9(15)13-6-7/h7-8H,4-6H2,1-3H3,(H,13,15)(H,14,18)(H,16,17)/t7-,8-/m0/s1. The van der Waals surface area contributed by atoms with Gasteiger partial charge in [-0.25, -0.2) is 9.59 Å². The number of ether oxygens (including phenoxy) is 1. The van der Waals surface area contributed by atoms with E-state index in [0.717, 1.165) is 0 Å². The lowest BCUT2D eigenvalue weighted by Crippen LogP contribution is -2.44. The molecule has 2 amide bonds. The van der Waals surface area contributed by atoms with Crippen molar-refractivity contribution in [2.24, 2.45) is 5.92 Å². The van der Waals surface area contributed by atoms with E-state index in [9.17, 15) is 14.4 Å². The quantitative estimate of drug-likeness (QED) is 0.691. The molecule has 0 saturated carbocycles. The van der Waals surface area contributed by atoms with Crippen LogP contribution in [0.4, 0.5) is 4.79 Å². The van der Waals surface area contributed by atoms with Crippen molar-refractivity contribution in [3.05, 3.63) is 0 Å². The van der Waals surface area contributed by atoms with Crippen LogP contribution in [-0.4, -0.2) is 41.3 Å². The summed E-state index contributed by atoms with van der Waals surface area (Å²) in [5.74, 6) is -1.31. The highest BCUT2D eigenvalue weighted by atomic mass is 16.6. The second-order valence-corrected chi connectivity index (χ2v) is 5.65. The molecule has 19 heavy (non-hydrogen) atoms. The van der Waals surface area contributed by atoms with E-state index in [1.807, 2.05) is 0 Å². The first-order valence-corrected chi connectivity index (χ1v) is 6.16. The maximum Gasteiger partial charge on any atom is 0.408 e. The Labute approximate surface area is 111 Å². The van der Waals surface area contributed by atoms with Gasteiger partial charge in [-0.05, 0) is 33.1 Å². The zero-order chi connectivity index (χ0) is 14.6. The molecule has 2 atom stereocenters. The van der Waals surface area contributed by atoms with Gasteiger partial charge in [-0.1, -0.05) is 0 Å². The lowest BCUT2D eigenvalue weighted by molar-refractivity contribution is -0.140. The molecule has 0 unspecified atom stereocenters. The Morgan fingerprint density at radius 3 is 2.58 bits per heavy atom. The van der Waals surface area contributed by atoms with Crippen molar-refractivity contribution in [2.75, 3.05) is 6.54 Å². The van der Waals surface area contributed by atoms with Crippen LogP contribution in [0.5, 0.6) is 0 Å². The third kappa shape index (κ3) is 5.58. The minimum Gasteiger partial charge on any atom is -0.480 e. The van der Waals surface area contributed by atoms with E-state index in [2.05, 4.69) is 10.6 Å². The number of carboxylic acids is 1. The van der Waals surface area contributed by atoms with E-state index in [0.29, 0.717) is 13.0 Å². The van der Waals surface area contributed by atoms with Gasteiger partial charge in [0.2, 0.25) is 5.91 Å². The van der Waals surface area contributed by atoms with Crippen LogP contribution in [0.15, 0.2) is 0 Å². The molecule has 0 radical (unpaired) electrons. The van der Waals surface area contributed by atoms with Crippen LogP contribution < -0.4 is 10.6 Å². The smallest absolute Gasteiger partial charge is 0.408 e. The molecule has 0 aromatic rings. The van der Waals surface area contributed by atoms with Crippen molar-refractivity contribution >= 4 is 18.0 Å². The number of nitrogens with one attached hydrogen (secondary N) is 2. The molecule has 1 rings (SSSR count). The molecule has 7 heteroatoms. The molecular formula is C12H20N2O5. The van der Waals surface area contributed by atoms with Gasteiger partial charge in [0.05, 0.1) is 0 Å². The number of hydrogen-bond donors (Lipinski definition) is 3. The molecule has 1 aliphatic heterocycles. The van der Waals surface area contributed by atoms with Gasteiger partial charge in [0.1, 0.15) is 11.6 Å². The largest absolute Gasteiger partial charge is 0.480 e. The predicted octanol–water partition coefficient (Wildman–Crippen LogP) is 0.491. The van der Waals surface area contributed by atoms with Crippen LogP contribution in [0.1, 0.15) is 33.6 Å². The zero-order valence-corrected chi connectivity index (χ0v) is 11.4. The Bertz CT molecular complexity index is 375. The highest BCUT2D eigenvalue weighted by Gasteiger charge is 2.30. The number of alkyl carbamates (subject to hydrolysis) is 1. The second-order valence-electron chi connectivity index (χ2n) is 5.65. The highest BCUT2D eigenvalue weighted by Crippen LogP contribution is 2.16. The number of aliphatic carboxylic acids is 1. The third-order valence-corrected chi connectivity index (χ3v) is 2.62. The van der Waals surface area contributed by atoms with Gasteiger partial charge in [-0.15, -0.1) is 0 Å². The minimum absolute atomic E-state index is 0.0801. The lowest BCUT2D eigenvalue weighted by Gasteiger charge is -2.22. The average molecular weight is 272 g/mol. The van der Waals surface area contributed by atoms with Crippen molar-refractivity contribution < 1.29 is 24.2 Å². The first-order valence-electron chi connectivity index (χ1n) is 6.16. The van der Waals surface area contributed by atoms with Crippen LogP contribution in [0, 0.1) is 5.92 Å². The summed E-state index contributed by atoms with van der Waals surface area (Å²) in [5.41, 5.74) is -0.683. The molecular weight excluding hydrogens is 252 g/mol. The fraction of sp³-hybridized carbons (Fsp3) is 0.750. The molecule has 3 N–H and O–H groups in total. The summed E-state index contributed by atoms with van der Waals surface area (Å²) in [5, 5.41) is 14.0. The van der Waals surface area contributed by atoms with Crippen molar-refractivity contribution in [1.82, 2.24) is 10.6 Å². The fourth-order valence-electron chi connectivity index (χ4n) is 1.84. The van der Waals surface area contributed by atoms with E-state index in [-0.39, 0.29) is 18.2 Å². The lowest BCUT2D eigenvalue weighted by atomic mass is 9.99. The Kier molecular flexibility index (Phi) is 4.74.